The summed E-state index contributed by atoms with van der Waals surface area (Å²) in [6.45, 7) is 2.01. The molecule has 0 radical (unpaired) electrons. The van der Waals surface area contributed by atoms with E-state index in [0.717, 1.165) is 16.7 Å². The van der Waals surface area contributed by atoms with Crippen molar-refractivity contribution in [3.63, 3.8) is 0 Å². The van der Waals surface area contributed by atoms with Crippen molar-refractivity contribution in [2.75, 3.05) is 10.0 Å². The molecule has 0 saturated heterocycles. The third kappa shape index (κ3) is 3.75. The number of fused-ring (bicyclic) bond motifs is 1. The molecule has 1 aliphatic heterocycles. The molecule has 0 bridgehead atoms. The van der Waals surface area contributed by atoms with Gasteiger partial charge in [-0.1, -0.05) is 35.9 Å². The smallest absolute Gasteiger partial charge is 0.263 e. The van der Waals surface area contributed by atoms with Gasteiger partial charge in [0.05, 0.1) is 10.6 Å². The molecule has 0 unspecified atom stereocenters. The second-order valence-electron chi connectivity index (χ2n) is 6.75. The summed E-state index contributed by atoms with van der Waals surface area (Å²) in [5.74, 6) is 0.197. The molecule has 1 aliphatic rings. The molecular formula is C21H19N3O3S. The Kier molecular flexibility index (Phi) is 4.60. The Balaban J connectivity index is 1.61. The highest BCUT2D eigenvalue weighted by molar-refractivity contribution is 7.92. The number of hydrogen-bond donors (Lipinski definition) is 2. The van der Waals surface area contributed by atoms with Crippen LogP contribution in [0.15, 0.2) is 65.6 Å². The number of sulfonamides is 1. The number of aryl methyl sites for hydroxylation is 2. The Hall–Kier alpha value is -3.19. The van der Waals surface area contributed by atoms with E-state index in [1.54, 1.807) is 24.3 Å². The lowest BCUT2D eigenvalue weighted by Gasteiger charge is -2.17. The van der Waals surface area contributed by atoms with Crippen LogP contribution in [0.1, 0.15) is 17.5 Å². The first-order valence-corrected chi connectivity index (χ1v) is 10.4. The average Bonchev–Trinajstić information content (AvgIpc) is 2.68. The Bertz CT molecular complexity index is 1160. The maximum atomic E-state index is 12.8. The number of aromatic nitrogens is 1. The third-order valence-electron chi connectivity index (χ3n) is 4.62. The number of carbonyl (C=O) groups is 1. The molecule has 1 amide bonds. The molecule has 0 fully saturated rings. The molecule has 4 rings (SSSR count). The van der Waals surface area contributed by atoms with Crippen LogP contribution < -0.4 is 10.0 Å². The molecule has 2 aromatic carbocycles. The van der Waals surface area contributed by atoms with Crippen LogP contribution in [0.4, 0.5) is 11.5 Å². The zero-order chi connectivity index (χ0) is 19.7. The summed E-state index contributed by atoms with van der Waals surface area (Å²) in [5, 5.41) is 2.75. The van der Waals surface area contributed by atoms with E-state index in [2.05, 4.69) is 15.0 Å². The van der Waals surface area contributed by atoms with Crippen LogP contribution in [-0.4, -0.2) is 19.3 Å². The van der Waals surface area contributed by atoms with Crippen molar-refractivity contribution in [2.24, 2.45) is 0 Å². The molecule has 0 atom stereocenters. The first kappa shape index (κ1) is 18.2. The third-order valence-corrected chi connectivity index (χ3v) is 5.97. The summed E-state index contributed by atoms with van der Waals surface area (Å²) in [5.41, 5.74) is 4.22. The normalized spacial score (nSPS) is 13.5. The van der Waals surface area contributed by atoms with Gasteiger partial charge in [0.15, 0.2) is 0 Å². The van der Waals surface area contributed by atoms with Crippen LogP contribution in [0, 0.1) is 6.92 Å². The summed E-state index contributed by atoms with van der Waals surface area (Å²) in [7, 11) is -3.79. The molecule has 3 aromatic rings. The monoisotopic (exact) mass is 393 g/mol. The van der Waals surface area contributed by atoms with Gasteiger partial charge in [-0.05, 0) is 49.2 Å². The Labute approximate surface area is 163 Å². The van der Waals surface area contributed by atoms with Crippen molar-refractivity contribution in [3.05, 3.63) is 71.8 Å². The van der Waals surface area contributed by atoms with E-state index in [1.807, 2.05) is 37.3 Å². The number of benzene rings is 2. The van der Waals surface area contributed by atoms with Gasteiger partial charge in [-0.3, -0.25) is 9.52 Å². The Morgan fingerprint density at radius 2 is 1.79 bits per heavy atom. The Morgan fingerprint density at radius 3 is 2.57 bits per heavy atom. The summed E-state index contributed by atoms with van der Waals surface area (Å²) >= 11 is 0. The molecule has 0 spiro atoms. The maximum Gasteiger partial charge on any atom is 0.263 e. The van der Waals surface area contributed by atoms with Crippen LogP contribution >= 0.6 is 0 Å². The second-order valence-corrected chi connectivity index (χ2v) is 8.43. The second kappa shape index (κ2) is 7.09. The summed E-state index contributed by atoms with van der Waals surface area (Å²) in [6.07, 6.45) is 0.871. The molecule has 1 aromatic heterocycles. The summed E-state index contributed by atoms with van der Waals surface area (Å²) < 4.78 is 28.2. The molecule has 0 aliphatic carbocycles. The van der Waals surface area contributed by atoms with Crippen molar-refractivity contribution < 1.29 is 13.2 Å². The van der Waals surface area contributed by atoms with E-state index in [-0.39, 0.29) is 16.6 Å². The maximum absolute atomic E-state index is 12.8. The molecule has 2 N–H and O–H groups in total. The first-order valence-electron chi connectivity index (χ1n) is 8.90. The van der Waals surface area contributed by atoms with Crippen molar-refractivity contribution in [1.29, 1.82) is 0 Å². The zero-order valence-corrected chi connectivity index (χ0v) is 16.1. The van der Waals surface area contributed by atoms with Crippen LogP contribution in [0.5, 0.6) is 0 Å². The van der Waals surface area contributed by atoms with Crippen LogP contribution in [-0.2, 0) is 21.2 Å². The number of amides is 1. The highest BCUT2D eigenvalue weighted by Crippen LogP contribution is 2.27. The minimum atomic E-state index is -3.79. The van der Waals surface area contributed by atoms with Crippen molar-refractivity contribution in [2.45, 2.75) is 24.7 Å². The predicted octanol–water partition coefficient (Wildman–Crippen LogP) is 3.74. The van der Waals surface area contributed by atoms with Gasteiger partial charge in [-0.2, -0.15) is 0 Å². The molecular weight excluding hydrogens is 374 g/mol. The molecule has 6 nitrogen and oxygen atoms in total. The summed E-state index contributed by atoms with van der Waals surface area (Å²) in [6, 6.07) is 17.8. The lowest BCUT2D eigenvalue weighted by Crippen LogP contribution is -2.20. The molecule has 7 heteroatoms. The van der Waals surface area contributed by atoms with E-state index >= 15 is 0 Å². The predicted molar refractivity (Wildman–Crippen MR) is 109 cm³/mol. The van der Waals surface area contributed by atoms with Crippen LogP contribution in [0.3, 0.4) is 0 Å². The number of anilines is 2. The van der Waals surface area contributed by atoms with E-state index in [9.17, 15) is 13.2 Å². The lowest BCUT2D eigenvalue weighted by molar-refractivity contribution is -0.116. The summed E-state index contributed by atoms with van der Waals surface area (Å²) in [4.78, 5) is 16.0. The quantitative estimate of drug-likeness (QED) is 0.707. The number of nitrogens with one attached hydrogen (secondary N) is 2. The lowest BCUT2D eigenvalue weighted by atomic mass is 10.0. The molecule has 28 heavy (non-hydrogen) atoms. The topological polar surface area (TPSA) is 88.2 Å². The van der Waals surface area contributed by atoms with Gasteiger partial charge >= 0.3 is 0 Å². The zero-order valence-electron chi connectivity index (χ0n) is 15.3. The van der Waals surface area contributed by atoms with Crippen molar-refractivity contribution >= 4 is 27.4 Å². The SMILES string of the molecule is Cc1ccc(-c2cccc(NS(=O)(=O)c3ccc4c(c3)CCC(=O)N4)n2)cc1. The number of hydrogen-bond acceptors (Lipinski definition) is 4. The van der Waals surface area contributed by atoms with Crippen molar-refractivity contribution in [1.82, 2.24) is 4.98 Å². The fraction of sp³-hybridized carbons (Fsp3) is 0.143. The highest BCUT2D eigenvalue weighted by atomic mass is 32.2. The number of carbonyl (C=O) groups excluding carboxylic acids is 1. The van der Waals surface area contributed by atoms with Gasteiger partial charge in [0, 0.05) is 17.7 Å². The largest absolute Gasteiger partial charge is 0.326 e. The standard InChI is InChI=1S/C21H19N3O3S/c1-14-5-7-15(8-6-14)18-3-2-4-20(22-18)24-28(26,27)17-10-11-19-16(13-17)9-12-21(25)23-19/h2-8,10-11,13H,9,12H2,1H3,(H,22,24)(H,23,25). The van der Waals surface area contributed by atoms with E-state index in [0.29, 0.717) is 24.2 Å². The minimum absolute atomic E-state index is 0.0571. The fourth-order valence-corrected chi connectivity index (χ4v) is 4.15. The Morgan fingerprint density at radius 1 is 1.00 bits per heavy atom. The van der Waals surface area contributed by atoms with E-state index in [1.165, 1.54) is 6.07 Å². The number of nitrogens with zero attached hydrogens (tertiary/aromatic N) is 1. The van der Waals surface area contributed by atoms with Crippen molar-refractivity contribution in [3.8, 4) is 11.3 Å². The average molecular weight is 393 g/mol. The van der Waals surface area contributed by atoms with E-state index < -0.39 is 10.0 Å². The van der Waals surface area contributed by atoms with Gasteiger partial charge < -0.3 is 5.32 Å². The van der Waals surface area contributed by atoms with Crippen LogP contribution in [0.2, 0.25) is 0 Å². The molecule has 2 heterocycles. The minimum Gasteiger partial charge on any atom is -0.326 e. The number of rotatable bonds is 4. The highest BCUT2D eigenvalue weighted by Gasteiger charge is 2.20. The fourth-order valence-electron chi connectivity index (χ4n) is 3.10. The van der Waals surface area contributed by atoms with Gasteiger partial charge in [-0.25, -0.2) is 13.4 Å². The van der Waals surface area contributed by atoms with E-state index in [4.69, 9.17) is 0 Å². The first-order chi connectivity index (χ1) is 13.4. The van der Waals surface area contributed by atoms with Gasteiger partial charge in [0.1, 0.15) is 5.82 Å². The van der Waals surface area contributed by atoms with Gasteiger partial charge in [-0.15, -0.1) is 0 Å². The molecule has 142 valence electrons. The van der Waals surface area contributed by atoms with Gasteiger partial charge in [0.25, 0.3) is 10.0 Å². The van der Waals surface area contributed by atoms with Crippen LogP contribution in [0.25, 0.3) is 11.3 Å². The number of pyridine rings is 1. The van der Waals surface area contributed by atoms with Gasteiger partial charge in [0.2, 0.25) is 5.91 Å². The molecule has 0 saturated carbocycles.